The summed E-state index contributed by atoms with van der Waals surface area (Å²) in [6.45, 7) is 5.10. The van der Waals surface area contributed by atoms with E-state index in [-0.39, 0.29) is 23.3 Å². The maximum absolute atomic E-state index is 13.2. The van der Waals surface area contributed by atoms with Gasteiger partial charge in [-0.15, -0.1) is 0 Å². The summed E-state index contributed by atoms with van der Waals surface area (Å²) in [7, 11) is -3.62. The van der Waals surface area contributed by atoms with Gasteiger partial charge in [-0.2, -0.15) is 0 Å². The van der Waals surface area contributed by atoms with Crippen molar-refractivity contribution >= 4 is 15.7 Å². The van der Waals surface area contributed by atoms with Crippen molar-refractivity contribution in [1.82, 2.24) is 9.62 Å². The Morgan fingerprint density at radius 2 is 1.68 bits per heavy atom. The lowest BCUT2D eigenvalue weighted by atomic mass is 10.1. The van der Waals surface area contributed by atoms with Gasteiger partial charge in [0.1, 0.15) is 11.6 Å². The molecule has 8 heteroatoms. The van der Waals surface area contributed by atoms with Crippen LogP contribution in [0.5, 0.6) is 0 Å². The molecule has 164 valence electrons. The summed E-state index contributed by atoms with van der Waals surface area (Å²) < 4.78 is 47.1. The third-order valence-corrected chi connectivity index (χ3v) is 7.06. The van der Waals surface area contributed by atoms with Crippen LogP contribution in [0.15, 0.2) is 76.2 Å². The first-order valence-electron chi connectivity index (χ1n) is 10.3. The smallest absolute Gasteiger partial charge is 0.240 e. The molecule has 6 nitrogen and oxygen atoms in total. The van der Waals surface area contributed by atoms with Gasteiger partial charge in [0.05, 0.1) is 17.2 Å². The number of benzene rings is 2. The van der Waals surface area contributed by atoms with Crippen molar-refractivity contribution in [2.75, 3.05) is 37.6 Å². The lowest BCUT2D eigenvalue weighted by Crippen LogP contribution is -2.49. The molecule has 1 aliphatic rings. The zero-order chi connectivity index (χ0) is 21.8. The molecule has 1 saturated heterocycles. The van der Waals surface area contributed by atoms with E-state index < -0.39 is 10.0 Å². The second-order valence-electron chi connectivity index (χ2n) is 7.70. The van der Waals surface area contributed by atoms with E-state index in [0.717, 1.165) is 43.2 Å². The van der Waals surface area contributed by atoms with Crippen molar-refractivity contribution in [3.05, 3.63) is 84.1 Å². The van der Waals surface area contributed by atoms with Gasteiger partial charge in [0.25, 0.3) is 0 Å². The fraction of sp³-hybridized carbons (Fsp3) is 0.304. The molecule has 1 fully saturated rings. The second kappa shape index (κ2) is 9.21. The molecule has 1 atom stereocenters. The second-order valence-corrected chi connectivity index (χ2v) is 9.46. The van der Waals surface area contributed by atoms with Gasteiger partial charge in [-0.1, -0.05) is 17.7 Å². The monoisotopic (exact) mass is 443 g/mol. The average Bonchev–Trinajstić information content (AvgIpc) is 3.30. The number of hydrogen-bond acceptors (Lipinski definition) is 5. The molecular weight excluding hydrogens is 417 g/mol. The number of aryl methyl sites for hydroxylation is 1. The molecule has 1 N–H and O–H groups in total. The fourth-order valence-electron chi connectivity index (χ4n) is 3.82. The predicted molar refractivity (Wildman–Crippen MR) is 118 cm³/mol. The standard InChI is InChI=1S/C23H26FN3O3S/c1-18-4-10-21(11-5-18)31(28,29)25-17-22(23-3-2-16-30-23)27-14-12-26(13-15-27)20-8-6-19(24)7-9-20/h2-11,16,22,25H,12-15,17H2,1H3/t22-/m0/s1. The Labute approximate surface area is 182 Å². The summed E-state index contributed by atoms with van der Waals surface area (Å²) >= 11 is 0. The van der Waals surface area contributed by atoms with E-state index in [2.05, 4.69) is 14.5 Å². The summed E-state index contributed by atoms with van der Waals surface area (Å²) in [5, 5.41) is 0. The molecule has 1 aliphatic heterocycles. The highest BCUT2D eigenvalue weighted by Gasteiger charge is 2.28. The number of sulfonamides is 1. The number of furan rings is 1. The number of rotatable bonds is 7. The number of nitrogens with one attached hydrogen (secondary N) is 1. The Bertz CT molecular complexity index is 1080. The van der Waals surface area contributed by atoms with Gasteiger partial charge in [0, 0.05) is 38.4 Å². The van der Waals surface area contributed by atoms with E-state index in [1.54, 1.807) is 42.7 Å². The van der Waals surface area contributed by atoms with Crippen molar-refractivity contribution in [3.63, 3.8) is 0 Å². The maximum Gasteiger partial charge on any atom is 0.240 e. The van der Waals surface area contributed by atoms with Crippen molar-refractivity contribution in [3.8, 4) is 0 Å². The number of hydrogen-bond donors (Lipinski definition) is 1. The molecule has 2 aromatic carbocycles. The van der Waals surface area contributed by atoms with Crippen molar-refractivity contribution < 1.29 is 17.2 Å². The molecule has 4 rings (SSSR count). The summed E-state index contributed by atoms with van der Waals surface area (Å²) in [6.07, 6.45) is 1.60. The zero-order valence-electron chi connectivity index (χ0n) is 17.4. The lowest BCUT2D eigenvalue weighted by Gasteiger charge is -2.39. The van der Waals surface area contributed by atoms with Crippen LogP contribution < -0.4 is 9.62 Å². The summed E-state index contributed by atoms with van der Waals surface area (Å²) in [6, 6.07) is 16.8. The average molecular weight is 444 g/mol. The molecular formula is C23H26FN3O3S. The molecule has 1 aromatic heterocycles. The van der Waals surface area contributed by atoms with Gasteiger partial charge < -0.3 is 9.32 Å². The molecule has 0 saturated carbocycles. The first-order chi connectivity index (χ1) is 14.9. The van der Waals surface area contributed by atoms with Crippen LogP contribution in [0.1, 0.15) is 17.4 Å². The van der Waals surface area contributed by atoms with E-state index in [4.69, 9.17) is 4.42 Å². The van der Waals surface area contributed by atoms with Crippen LogP contribution in [-0.2, 0) is 10.0 Å². The van der Waals surface area contributed by atoms with Crippen LogP contribution in [0, 0.1) is 12.7 Å². The normalized spacial score (nSPS) is 16.4. The van der Waals surface area contributed by atoms with Crippen LogP contribution in [0.3, 0.4) is 0 Å². The van der Waals surface area contributed by atoms with Crippen LogP contribution in [0.4, 0.5) is 10.1 Å². The molecule has 0 unspecified atom stereocenters. The van der Waals surface area contributed by atoms with E-state index >= 15 is 0 Å². The first-order valence-corrected chi connectivity index (χ1v) is 11.7. The molecule has 0 spiro atoms. The minimum absolute atomic E-state index is 0.209. The molecule has 3 aromatic rings. The summed E-state index contributed by atoms with van der Waals surface area (Å²) in [5.41, 5.74) is 1.99. The number of nitrogens with zero attached hydrogens (tertiary/aromatic N) is 2. The molecule has 31 heavy (non-hydrogen) atoms. The lowest BCUT2D eigenvalue weighted by molar-refractivity contribution is 0.166. The van der Waals surface area contributed by atoms with E-state index in [9.17, 15) is 12.8 Å². The van der Waals surface area contributed by atoms with E-state index in [0.29, 0.717) is 0 Å². The Morgan fingerprint density at radius 1 is 1.00 bits per heavy atom. The Balaban J connectivity index is 1.44. The van der Waals surface area contributed by atoms with Gasteiger partial charge in [-0.3, -0.25) is 4.90 Å². The highest BCUT2D eigenvalue weighted by molar-refractivity contribution is 7.89. The zero-order valence-corrected chi connectivity index (χ0v) is 18.2. The Kier molecular flexibility index (Phi) is 6.41. The van der Waals surface area contributed by atoms with Gasteiger partial charge in [0.15, 0.2) is 0 Å². The molecule has 0 amide bonds. The van der Waals surface area contributed by atoms with E-state index in [1.165, 1.54) is 12.1 Å². The molecule has 0 bridgehead atoms. The summed E-state index contributed by atoms with van der Waals surface area (Å²) in [5.74, 6) is 0.475. The Morgan fingerprint density at radius 3 is 2.29 bits per heavy atom. The maximum atomic E-state index is 13.2. The predicted octanol–water partition coefficient (Wildman–Crippen LogP) is 3.57. The Hall–Kier alpha value is -2.68. The number of halogens is 1. The minimum atomic E-state index is -3.62. The van der Waals surface area contributed by atoms with Crippen LogP contribution >= 0.6 is 0 Å². The third-order valence-electron chi connectivity index (χ3n) is 5.62. The number of anilines is 1. The van der Waals surface area contributed by atoms with E-state index in [1.807, 2.05) is 19.1 Å². The van der Waals surface area contributed by atoms with Crippen molar-refractivity contribution in [2.45, 2.75) is 17.9 Å². The fourth-order valence-corrected chi connectivity index (χ4v) is 4.86. The quantitative estimate of drug-likeness (QED) is 0.605. The molecule has 2 heterocycles. The van der Waals surface area contributed by atoms with Gasteiger partial charge in [0.2, 0.25) is 10.0 Å². The van der Waals surface area contributed by atoms with Crippen molar-refractivity contribution in [2.24, 2.45) is 0 Å². The first kappa shape index (κ1) is 21.5. The van der Waals surface area contributed by atoms with Crippen LogP contribution in [0.25, 0.3) is 0 Å². The van der Waals surface area contributed by atoms with Crippen molar-refractivity contribution in [1.29, 1.82) is 0 Å². The highest BCUT2D eigenvalue weighted by Crippen LogP contribution is 2.25. The molecule has 0 radical (unpaired) electrons. The van der Waals surface area contributed by atoms with Crippen LogP contribution in [0.2, 0.25) is 0 Å². The highest BCUT2D eigenvalue weighted by atomic mass is 32.2. The number of piperazine rings is 1. The largest absolute Gasteiger partial charge is 0.468 e. The van der Waals surface area contributed by atoms with Gasteiger partial charge in [-0.25, -0.2) is 17.5 Å². The van der Waals surface area contributed by atoms with Gasteiger partial charge >= 0.3 is 0 Å². The minimum Gasteiger partial charge on any atom is -0.468 e. The molecule has 0 aliphatic carbocycles. The van der Waals surface area contributed by atoms with Crippen LogP contribution in [-0.4, -0.2) is 46.0 Å². The SMILES string of the molecule is Cc1ccc(S(=O)(=O)NC[C@@H](c2ccco2)N2CCN(c3ccc(F)cc3)CC2)cc1. The summed E-state index contributed by atoms with van der Waals surface area (Å²) in [4.78, 5) is 4.67. The third kappa shape index (κ3) is 5.15. The van der Waals surface area contributed by atoms with Gasteiger partial charge in [-0.05, 0) is 55.5 Å². The topological polar surface area (TPSA) is 65.8 Å².